The molecule has 3 aromatic carbocycles. The number of anilines is 1. The van der Waals surface area contributed by atoms with Crippen LogP contribution in [0.25, 0.3) is 17.3 Å². The lowest BCUT2D eigenvalue weighted by atomic mass is 10.1. The minimum atomic E-state index is -0.531. The molecule has 5 rings (SSSR count). The Labute approximate surface area is 239 Å². The largest absolute Gasteiger partial charge is 0.325 e. The van der Waals surface area contributed by atoms with Crippen LogP contribution < -0.4 is 5.32 Å². The van der Waals surface area contributed by atoms with Crippen LogP contribution in [0.15, 0.2) is 83.9 Å². The van der Waals surface area contributed by atoms with Gasteiger partial charge in [-0.15, -0.1) is 0 Å². The first-order valence-corrected chi connectivity index (χ1v) is 13.5. The summed E-state index contributed by atoms with van der Waals surface area (Å²) in [5, 5.41) is 8.02. The fraction of sp³-hybridized carbons (Fsp3) is 0.103. The van der Waals surface area contributed by atoms with Crippen molar-refractivity contribution in [2.45, 2.75) is 13.5 Å². The van der Waals surface area contributed by atoms with Crippen LogP contribution in [0.3, 0.4) is 0 Å². The smallest absolute Gasteiger partial charge is 0.294 e. The summed E-state index contributed by atoms with van der Waals surface area (Å²) in [7, 11) is 0. The molecule has 2 heterocycles. The minimum Gasteiger partial charge on any atom is -0.325 e. The first-order valence-electron chi connectivity index (χ1n) is 12.0. The number of aryl methyl sites for hydroxylation is 1. The number of carbonyl (C=O) groups excluding carboxylic acids is 3. The van der Waals surface area contributed by atoms with Crippen molar-refractivity contribution in [1.29, 1.82) is 0 Å². The van der Waals surface area contributed by atoms with E-state index in [2.05, 4.69) is 5.32 Å². The molecule has 1 aromatic heterocycles. The molecule has 1 aliphatic rings. The zero-order valence-corrected chi connectivity index (χ0v) is 23.1. The van der Waals surface area contributed by atoms with Crippen LogP contribution >= 0.6 is 35.0 Å². The minimum absolute atomic E-state index is 0.212. The van der Waals surface area contributed by atoms with Crippen molar-refractivity contribution in [3.05, 3.63) is 111 Å². The van der Waals surface area contributed by atoms with E-state index in [4.69, 9.17) is 28.3 Å². The second-order valence-electron chi connectivity index (χ2n) is 8.91. The highest BCUT2D eigenvalue weighted by molar-refractivity contribution is 8.18. The molecular formula is C29H22Cl2N4O3S. The van der Waals surface area contributed by atoms with E-state index in [1.54, 1.807) is 41.2 Å². The quantitative estimate of drug-likeness (QED) is 0.242. The van der Waals surface area contributed by atoms with Crippen molar-refractivity contribution >= 4 is 63.8 Å². The molecule has 1 saturated heterocycles. The highest BCUT2D eigenvalue weighted by atomic mass is 35.5. The molecule has 1 aliphatic heterocycles. The normalized spacial score (nSPS) is 14.3. The summed E-state index contributed by atoms with van der Waals surface area (Å²) in [6.45, 7) is 1.94. The number of imide groups is 1. The van der Waals surface area contributed by atoms with E-state index in [0.717, 1.165) is 33.4 Å². The number of benzene rings is 3. The average molecular weight is 577 g/mol. The van der Waals surface area contributed by atoms with Gasteiger partial charge in [-0.2, -0.15) is 5.10 Å². The van der Waals surface area contributed by atoms with Gasteiger partial charge >= 0.3 is 0 Å². The van der Waals surface area contributed by atoms with Gasteiger partial charge in [0.2, 0.25) is 5.91 Å². The zero-order valence-electron chi connectivity index (χ0n) is 20.7. The van der Waals surface area contributed by atoms with Crippen LogP contribution in [0.5, 0.6) is 0 Å². The Morgan fingerprint density at radius 2 is 1.77 bits per heavy atom. The Balaban J connectivity index is 1.40. The van der Waals surface area contributed by atoms with Gasteiger partial charge in [0.25, 0.3) is 11.1 Å². The molecule has 39 heavy (non-hydrogen) atoms. The molecule has 0 atom stereocenters. The third-order valence-corrected chi connectivity index (χ3v) is 7.48. The Hall–Kier alpha value is -3.85. The van der Waals surface area contributed by atoms with Gasteiger partial charge in [-0.1, -0.05) is 77.3 Å². The van der Waals surface area contributed by atoms with Gasteiger partial charge in [0.05, 0.1) is 17.1 Å². The lowest BCUT2D eigenvalue weighted by Gasteiger charge is -2.12. The third kappa shape index (κ3) is 6.25. The number of hydrogen-bond acceptors (Lipinski definition) is 5. The number of thioether (sulfide) groups is 1. The fourth-order valence-electron chi connectivity index (χ4n) is 4.03. The summed E-state index contributed by atoms with van der Waals surface area (Å²) in [5.41, 5.74) is 4.62. The molecule has 0 bridgehead atoms. The molecule has 0 spiro atoms. The van der Waals surface area contributed by atoms with E-state index in [0.29, 0.717) is 33.5 Å². The number of nitrogens with one attached hydrogen (secondary N) is 1. The van der Waals surface area contributed by atoms with Crippen molar-refractivity contribution in [2.24, 2.45) is 0 Å². The maximum atomic E-state index is 13.2. The van der Waals surface area contributed by atoms with Gasteiger partial charge in [-0.25, -0.2) is 0 Å². The van der Waals surface area contributed by atoms with Gasteiger partial charge < -0.3 is 5.32 Å². The lowest BCUT2D eigenvalue weighted by Crippen LogP contribution is -2.36. The predicted molar refractivity (Wildman–Crippen MR) is 156 cm³/mol. The number of nitrogens with zero attached hydrogens (tertiary/aromatic N) is 3. The van der Waals surface area contributed by atoms with Crippen LogP contribution in [-0.4, -0.2) is 38.3 Å². The maximum absolute atomic E-state index is 13.2. The standard InChI is InChI=1S/C29H22Cl2N4O3S/c1-18-7-11-23(12-8-18)32-26(36)17-35-28(37)25(39-29(35)38)13-21-16-34(15-20-9-10-22(30)14-24(20)31)33-27(21)19-5-3-2-4-6-19/h2-14,16H,15,17H2,1H3,(H,32,36)/b25-13-. The summed E-state index contributed by atoms with van der Waals surface area (Å²) in [6, 6.07) is 22.1. The molecule has 1 fully saturated rings. The summed E-state index contributed by atoms with van der Waals surface area (Å²) < 4.78 is 1.72. The fourth-order valence-corrected chi connectivity index (χ4v) is 5.32. The summed E-state index contributed by atoms with van der Waals surface area (Å²) in [5.74, 6) is -0.989. The highest BCUT2D eigenvalue weighted by Gasteiger charge is 2.36. The van der Waals surface area contributed by atoms with E-state index in [9.17, 15) is 14.4 Å². The topological polar surface area (TPSA) is 84.3 Å². The Bertz CT molecular complexity index is 1600. The molecular weight excluding hydrogens is 555 g/mol. The number of rotatable bonds is 7. The van der Waals surface area contributed by atoms with Crippen molar-refractivity contribution in [1.82, 2.24) is 14.7 Å². The highest BCUT2D eigenvalue weighted by Crippen LogP contribution is 2.34. The number of hydrogen-bond donors (Lipinski definition) is 1. The van der Waals surface area contributed by atoms with E-state index >= 15 is 0 Å². The molecule has 3 amide bonds. The van der Waals surface area contributed by atoms with Crippen LogP contribution in [-0.2, 0) is 16.1 Å². The van der Waals surface area contributed by atoms with E-state index in [-0.39, 0.29) is 11.4 Å². The van der Waals surface area contributed by atoms with E-state index in [1.165, 1.54) is 0 Å². The third-order valence-electron chi connectivity index (χ3n) is 5.98. The van der Waals surface area contributed by atoms with Gasteiger partial charge in [-0.05, 0) is 54.6 Å². The molecule has 0 aliphatic carbocycles. The number of aromatic nitrogens is 2. The predicted octanol–water partition coefficient (Wildman–Crippen LogP) is 6.89. The Kier molecular flexibility index (Phi) is 7.88. The van der Waals surface area contributed by atoms with Gasteiger partial charge in [0.15, 0.2) is 0 Å². The second kappa shape index (κ2) is 11.5. The van der Waals surface area contributed by atoms with E-state index in [1.807, 2.05) is 55.5 Å². The van der Waals surface area contributed by atoms with Crippen LogP contribution in [0.4, 0.5) is 10.5 Å². The van der Waals surface area contributed by atoms with Crippen LogP contribution in [0.2, 0.25) is 10.0 Å². The Morgan fingerprint density at radius 3 is 2.49 bits per heavy atom. The SMILES string of the molecule is Cc1ccc(NC(=O)CN2C(=O)S/C(=C\c3cn(Cc4ccc(Cl)cc4Cl)nc3-c3ccccc3)C2=O)cc1. The van der Waals surface area contributed by atoms with Crippen molar-refractivity contribution in [3.63, 3.8) is 0 Å². The van der Waals surface area contributed by atoms with Crippen LogP contribution in [0.1, 0.15) is 16.7 Å². The van der Waals surface area contributed by atoms with Gasteiger partial charge in [0, 0.05) is 33.1 Å². The monoisotopic (exact) mass is 576 g/mol. The molecule has 1 N–H and O–H groups in total. The molecule has 196 valence electrons. The van der Waals surface area contributed by atoms with E-state index < -0.39 is 17.1 Å². The molecule has 0 unspecified atom stereocenters. The molecule has 4 aromatic rings. The number of amides is 3. The van der Waals surface area contributed by atoms with Gasteiger partial charge in [-0.3, -0.25) is 24.0 Å². The summed E-state index contributed by atoms with van der Waals surface area (Å²) in [4.78, 5) is 39.6. The summed E-state index contributed by atoms with van der Waals surface area (Å²) in [6.07, 6.45) is 3.43. The van der Waals surface area contributed by atoms with Crippen molar-refractivity contribution in [3.8, 4) is 11.3 Å². The molecule has 10 heteroatoms. The van der Waals surface area contributed by atoms with Crippen molar-refractivity contribution < 1.29 is 14.4 Å². The van der Waals surface area contributed by atoms with Crippen LogP contribution in [0, 0.1) is 6.92 Å². The first kappa shape index (κ1) is 26.7. The first-order chi connectivity index (χ1) is 18.8. The molecule has 7 nitrogen and oxygen atoms in total. The van der Waals surface area contributed by atoms with Crippen molar-refractivity contribution in [2.75, 3.05) is 11.9 Å². The number of halogens is 2. The molecule has 0 saturated carbocycles. The maximum Gasteiger partial charge on any atom is 0.294 e. The number of carbonyl (C=O) groups is 3. The summed E-state index contributed by atoms with van der Waals surface area (Å²) >= 11 is 13.2. The van der Waals surface area contributed by atoms with Gasteiger partial charge in [0.1, 0.15) is 6.54 Å². The Morgan fingerprint density at radius 1 is 1.03 bits per heavy atom. The zero-order chi connectivity index (χ0) is 27.5. The molecule has 0 radical (unpaired) electrons. The second-order valence-corrected chi connectivity index (χ2v) is 10.8. The lowest BCUT2D eigenvalue weighted by molar-refractivity contribution is -0.127. The average Bonchev–Trinajstić information content (AvgIpc) is 3.43.